The Bertz CT molecular complexity index is 928. The second-order valence-electron chi connectivity index (χ2n) is 5.66. The minimum Gasteiger partial charge on any atom is -0.276 e. The van der Waals surface area contributed by atoms with E-state index in [1.807, 2.05) is 19.1 Å². The minimum absolute atomic E-state index is 0.163. The van der Waals surface area contributed by atoms with Gasteiger partial charge in [0.1, 0.15) is 5.82 Å². The average molecular weight is 418 g/mol. The molecule has 0 saturated carbocycles. The molecule has 26 heavy (non-hydrogen) atoms. The van der Waals surface area contributed by atoms with E-state index in [1.165, 1.54) is 18.3 Å². The van der Waals surface area contributed by atoms with Gasteiger partial charge >= 0.3 is 6.03 Å². The van der Waals surface area contributed by atoms with Gasteiger partial charge in [-0.3, -0.25) is 19.9 Å². The van der Waals surface area contributed by atoms with Crippen LogP contribution in [0.1, 0.15) is 5.56 Å². The summed E-state index contributed by atoms with van der Waals surface area (Å²) >= 11 is 3.37. The smallest absolute Gasteiger partial charge is 0.276 e. The number of anilines is 1. The molecular weight excluding hydrogens is 405 g/mol. The summed E-state index contributed by atoms with van der Waals surface area (Å²) in [5.41, 5.74) is 1.73. The molecular formula is C18H13BrFN3O3. The molecule has 8 heteroatoms. The third-order valence-electron chi connectivity index (χ3n) is 3.75. The van der Waals surface area contributed by atoms with Crippen molar-refractivity contribution >= 4 is 51.4 Å². The Morgan fingerprint density at radius 2 is 1.85 bits per heavy atom. The maximum Gasteiger partial charge on any atom is 0.335 e. The van der Waals surface area contributed by atoms with Crippen LogP contribution in [0.25, 0.3) is 0 Å². The van der Waals surface area contributed by atoms with Gasteiger partial charge in [-0.2, -0.15) is 0 Å². The fraction of sp³-hybridized carbons (Fsp3) is 0.111. The molecule has 1 aliphatic heterocycles. The van der Waals surface area contributed by atoms with E-state index >= 15 is 0 Å². The number of aryl methyl sites for hydroxylation is 1. The molecule has 3 rings (SSSR count). The van der Waals surface area contributed by atoms with E-state index in [-0.39, 0.29) is 5.69 Å². The van der Waals surface area contributed by atoms with Crippen LogP contribution in [0.2, 0.25) is 0 Å². The Kier molecular flexibility index (Phi) is 4.94. The number of amides is 4. The monoisotopic (exact) mass is 417 g/mol. The zero-order valence-electron chi connectivity index (χ0n) is 13.6. The van der Waals surface area contributed by atoms with Gasteiger partial charge in [0.15, 0.2) is 5.92 Å². The predicted molar refractivity (Wildman–Crippen MR) is 97.9 cm³/mol. The van der Waals surface area contributed by atoms with Gasteiger partial charge in [-0.05, 0) is 64.8 Å². The highest BCUT2D eigenvalue weighted by Gasteiger charge is 2.40. The van der Waals surface area contributed by atoms with E-state index in [2.05, 4.69) is 26.2 Å². The van der Waals surface area contributed by atoms with E-state index in [0.29, 0.717) is 10.2 Å². The van der Waals surface area contributed by atoms with Gasteiger partial charge in [0, 0.05) is 10.7 Å². The molecule has 6 nitrogen and oxygen atoms in total. The highest BCUT2D eigenvalue weighted by atomic mass is 79.9. The molecule has 132 valence electrons. The molecule has 1 saturated heterocycles. The van der Waals surface area contributed by atoms with E-state index in [1.54, 1.807) is 6.07 Å². The molecule has 2 aromatic rings. The van der Waals surface area contributed by atoms with Crippen molar-refractivity contribution in [2.45, 2.75) is 6.92 Å². The van der Waals surface area contributed by atoms with Crippen molar-refractivity contribution in [2.24, 2.45) is 10.9 Å². The van der Waals surface area contributed by atoms with Crippen LogP contribution in [-0.2, 0) is 9.59 Å². The molecule has 0 unspecified atom stereocenters. The highest BCUT2D eigenvalue weighted by Crippen LogP contribution is 2.27. The van der Waals surface area contributed by atoms with E-state index in [4.69, 9.17) is 0 Å². The Balaban J connectivity index is 1.90. The fourth-order valence-corrected chi connectivity index (χ4v) is 3.02. The van der Waals surface area contributed by atoms with Crippen LogP contribution in [0.15, 0.2) is 51.9 Å². The first kappa shape index (κ1) is 17.9. The van der Waals surface area contributed by atoms with Gasteiger partial charge in [0.25, 0.3) is 5.91 Å². The van der Waals surface area contributed by atoms with Crippen LogP contribution in [0.4, 0.5) is 20.6 Å². The number of aliphatic imine (C=N–C) groups is 1. The van der Waals surface area contributed by atoms with Crippen molar-refractivity contribution in [1.82, 2.24) is 5.32 Å². The molecule has 1 fully saturated rings. The quantitative estimate of drug-likeness (QED) is 0.612. The van der Waals surface area contributed by atoms with Crippen molar-refractivity contribution in [3.8, 4) is 0 Å². The molecule has 1 N–H and O–H groups in total. The molecule has 2 aromatic carbocycles. The Labute approximate surface area is 156 Å². The van der Waals surface area contributed by atoms with Crippen molar-refractivity contribution in [3.63, 3.8) is 0 Å². The summed E-state index contributed by atoms with van der Waals surface area (Å²) < 4.78 is 13.8. The lowest BCUT2D eigenvalue weighted by Crippen LogP contribution is -2.58. The number of halogens is 2. The summed E-state index contributed by atoms with van der Waals surface area (Å²) in [5, 5.41) is 2.11. The van der Waals surface area contributed by atoms with Gasteiger partial charge in [-0.1, -0.05) is 6.07 Å². The number of nitrogens with one attached hydrogen (secondary N) is 1. The van der Waals surface area contributed by atoms with Gasteiger partial charge in [-0.25, -0.2) is 14.1 Å². The SMILES string of the molecule is Cc1ccc(N=C[C@H]2C(=O)NC(=O)N(c3ccc(F)cc3)C2=O)c(Br)c1. The predicted octanol–water partition coefficient (Wildman–Crippen LogP) is 3.50. The molecule has 0 bridgehead atoms. The zero-order valence-corrected chi connectivity index (χ0v) is 15.2. The Morgan fingerprint density at radius 1 is 1.15 bits per heavy atom. The van der Waals surface area contributed by atoms with Crippen LogP contribution in [0.3, 0.4) is 0 Å². The lowest BCUT2D eigenvalue weighted by molar-refractivity contribution is -0.131. The number of hydrogen-bond acceptors (Lipinski definition) is 4. The number of hydrogen-bond donors (Lipinski definition) is 1. The summed E-state index contributed by atoms with van der Waals surface area (Å²) in [5.74, 6) is -3.29. The van der Waals surface area contributed by atoms with Gasteiger partial charge in [-0.15, -0.1) is 0 Å². The maximum atomic E-state index is 13.1. The summed E-state index contributed by atoms with van der Waals surface area (Å²) in [6.45, 7) is 1.92. The number of barbiturate groups is 1. The van der Waals surface area contributed by atoms with Crippen LogP contribution >= 0.6 is 15.9 Å². The number of carbonyl (C=O) groups excluding carboxylic acids is 3. The van der Waals surface area contributed by atoms with Crippen LogP contribution in [-0.4, -0.2) is 24.1 Å². The van der Waals surface area contributed by atoms with Crippen molar-refractivity contribution in [2.75, 3.05) is 4.90 Å². The second-order valence-corrected chi connectivity index (χ2v) is 6.51. The highest BCUT2D eigenvalue weighted by molar-refractivity contribution is 9.10. The third-order valence-corrected chi connectivity index (χ3v) is 4.39. The first-order valence-corrected chi connectivity index (χ1v) is 8.41. The number of nitrogens with zero attached hydrogens (tertiary/aromatic N) is 2. The normalized spacial score (nSPS) is 17.7. The van der Waals surface area contributed by atoms with Gasteiger partial charge in [0.2, 0.25) is 5.91 Å². The largest absolute Gasteiger partial charge is 0.335 e. The number of benzene rings is 2. The van der Waals surface area contributed by atoms with E-state index in [9.17, 15) is 18.8 Å². The molecule has 4 amide bonds. The fourth-order valence-electron chi connectivity index (χ4n) is 2.43. The minimum atomic E-state index is -1.27. The van der Waals surface area contributed by atoms with Gasteiger partial charge < -0.3 is 0 Å². The van der Waals surface area contributed by atoms with Crippen LogP contribution in [0, 0.1) is 18.7 Å². The molecule has 0 radical (unpaired) electrons. The maximum absolute atomic E-state index is 13.1. The van der Waals surface area contributed by atoms with E-state index in [0.717, 1.165) is 22.6 Å². The van der Waals surface area contributed by atoms with Crippen LogP contribution < -0.4 is 10.2 Å². The van der Waals surface area contributed by atoms with Crippen molar-refractivity contribution in [3.05, 3.63) is 58.3 Å². The first-order chi connectivity index (χ1) is 12.4. The Hall–Kier alpha value is -2.87. The topological polar surface area (TPSA) is 78.8 Å². The lowest BCUT2D eigenvalue weighted by Gasteiger charge is -2.28. The number of rotatable bonds is 3. The molecule has 1 aliphatic rings. The lowest BCUT2D eigenvalue weighted by atomic mass is 10.1. The summed E-state index contributed by atoms with van der Waals surface area (Å²) in [6, 6.07) is 9.37. The number of imide groups is 2. The molecule has 1 heterocycles. The molecule has 0 aromatic heterocycles. The Morgan fingerprint density at radius 3 is 2.50 bits per heavy atom. The average Bonchev–Trinajstić information content (AvgIpc) is 2.57. The molecule has 0 spiro atoms. The first-order valence-electron chi connectivity index (χ1n) is 7.61. The standard InChI is InChI=1S/C18H13BrFN3O3/c1-10-2-7-15(14(19)8-10)21-9-13-16(24)22-18(26)23(17(13)25)12-5-3-11(20)4-6-12/h2-9,13H,1H3,(H,22,24,26)/t13-/m0/s1. The molecule has 1 atom stereocenters. The van der Waals surface area contributed by atoms with E-state index < -0.39 is 29.6 Å². The summed E-state index contributed by atoms with van der Waals surface area (Å²) in [4.78, 5) is 41.7. The zero-order chi connectivity index (χ0) is 18.8. The van der Waals surface area contributed by atoms with Crippen molar-refractivity contribution in [1.29, 1.82) is 0 Å². The van der Waals surface area contributed by atoms with Crippen LogP contribution in [0.5, 0.6) is 0 Å². The van der Waals surface area contributed by atoms with Gasteiger partial charge in [0.05, 0.1) is 11.4 Å². The molecule has 0 aliphatic carbocycles. The number of urea groups is 1. The second kappa shape index (κ2) is 7.17. The number of carbonyl (C=O) groups is 3. The summed E-state index contributed by atoms with van der Waals surface area (Å²) in [7, 11) is 0. The summed E-state index contributed by atoms with van der Waals surface area (Å²) in [6.07, 6.45) is 1.19. The van der Waals surface area contributed by atoms with Crippen molar-refractivity contribution < 1.29 is 18.8 Å². The third kappa shape index (κ3) is 3.55.